The van der Waals surface area contributed by atoms with E-state index in [-0.39, 0.29) is 21.1 Å². The van der Waals surface area contributed by atoms with E-state index in [0.717, 1.165) is 5.75 Å². The van der Waals surface area contributed by atoms with Gasteiger partial charge in [0.2, 0.25) is 0 Å². The Balaban J connectivity index is 0.00000162. The molecule has 2 aromatic carbocycles. The van der Waals surface area contributed by atoms with Gasteiger partial charge in [-0.3, -0.25) is 0 Å². The molecule has 0 amide bonds. The fraction of sp³-hybridized carbons (Fsp3) is 0.188. The molecule has 2 rings (SSSR count). The third-order valence-corrected chi connectivity index (χ3v) is 4.01. The Morgan fingerprint density at radius 1 is 1.00 bits per heavy atom. The number of hydrogen-bond donors (Lipinski definition) is 0. The van der Waals surface area contributed by atoms with Gasteiger partial charge >= 0.3 is 0 Å². The summed E-state index contributed by atoms with van der Waals surface area (Å²) in [5, 5.41) is 0. The zero-order chi connectivity index (χ0) is 12.1. The second kappa shape index (κ2) is 7.71. The Morgan fingerprint density at radius 3 is 2.39 bits per heavy atom. The summed E-state index contributed by atoms with van der Waals surface area (Å²) in [5.41, 5.74) is 4.12. The summed E-state index contributed by atoms with van der Waals surface area (Å²) in [7, 11) is 0. The Bertz CT molecular complexity index is 494. The maximum absolute atomic E-state index is 2.21. The summed E-state index contributed by atoms with van der Waals surface area (Å²) in [6.07, 6.45) is 2.17. The van der Waals surface area contributed by atoms with Crippen molar-refractivity contribution in [2.75, 3.05) is 0 Å². The molecule has 94 valence electrons. The first kappa shape index (κ1) is 15.4. The van der Waals surface area contributed by atoms with Crippen LogP contribution < -0.4 is 0 Å². The van der Waals surface area contributed by atoms with Crippen LogP contribution in [0.2, 0.25) is 0 Å². The van der Waals surface area contributed by atoms with Gasteiger partial charge in [0.15, 0.2) is 0 Å². The van der Waals surface area contributed by atoms with E-state index in [1.54, 1.807) is 0 Å². The molecule has 0 unspecified atom stereocenters. The zero-order valence-electron chi connectivity index (χ0n) is 10.7. The van der Waals surface area contributed by atoms with Crippen LogP contribution in [0.25, 0.3) is 0 Å². The normalized spacial score (nSPS) is 9.67. The molecule has 0 aromatic heterocycles. The van der Waals surface area contributed by atoms with Crippen LogP contribution in [-0.2, 0) is 26.8 Å². The van der Waals surface area contributed by atoms with Crippen LogP contribution in [0.4, 0.5) is 0 Å². The van der Waals surface area contributed by atoms with Crippen molar-refractivity contribution in [2.24, 2.45) is 0 Å². The van der Waals surface area contributed by atoms with Gasteiger partial charge in [0, 0.05) is 26.8 Å². The molecule has 0 spiro atoms. The molecule has 0 radical (unpaired) electrons. The van der Waals surface area contributed by atoms with Gasteiger partial charge in [0.1, 0.15) is 0 Å². The predicted molar refractivity (Wildman–Crippen MR) is 76.3 cm³/mol. The van der Waals surface area contributed by atoms with Gasteiger partial charge in [-0.1, -0.05) is 42.2 Å². The van der Waals surface area contributed by atoms with Crippen LogP contribution in [-0.4, -0.2) is 0 Å². The van der Waals surface area contributed by atoms with Gasteiger partial charge < -0.3 is 0 Å². The third-order valence-electron chi connectivity index (χ3n) is 2.87. The topological polar surface area (TPSA) is 0 Å². The molecule has 0 aliphatic carbocycles. The van der Waals surface area contributed by atoms with E-state index in [1.807, 2.05) is 11.8 Å². The molecule has 0 saturated carbocycles. The smallest absolute Gasteiger partial charge is 0.0114 e. The van der Waals surface area contributed by atoms with Crippen LogP contribution in [0.15, 0.2) is 53.4 Å². The van der Waals surface area contributed by atoms with Crippen LogP contribution in [0.5, 0.6) is 0 Å². The van der Waals surface area contributed by atoms with Crippen molar-refractivity contribution in [1.29, 1.82) is 0 Å². The van der Waals surface area contributed by atoms with Crippen LogP contribution in [0.3, 0.4) is 0 Å². The first-order valence-electron chi connectivity index (χ1n) is 5.87. The minimum atomic E-state index is 0. The van der Waals surface area contributed by atoms with Gasteiger partial charge in [-0.2, -0.15) is 29.8 Å². The van der Waals surface area contributed by atoms with Crippen LogP contribution in [0, 0.1) is 13.3 Å². The van der Waals surface area contributed by atoms with E-state index in [0.29, 0.717) is 0 Å². The second-order valence-corrected chi connectivity index (χ2v) is 5.06. The summed E-state index contributed by atoms with van der Waals surface area (Å²) < 4.78 is 0. The first-order valence-corrected chi connectivity index (χ1v) is 6.85. The van der Waals surface area contributed by atoms with E-state index in [1.165, 1.54) is 21.6 Å². The van der Waals surface area contributed by atoms with Gasteiger partial charge in [0.05, 0.1) is 0 Å². The van der Waals surface area contributed by atoms with Gasteiger partial charge in [0.25, 0.3) is 0 Å². The van der Waals surface area contributed by atoms with E-state index >= 15 is 0 Å². The average Bonchev–Trinajstić information content (AvgIpc) is 2.38. The Kier molecular flexibility index (Phi) is 6.60. The fourth-order valence-electron chi connectivity index (χ4n) is 1.78. The maximum atomic E-state index is 2.21. The molecule has 0 atom stereocenters. The maximum Gasteiger partial charge on any atom is 0.0114 e. The summed E-state index contributed by atoms with van der Waals surface area (Å²) in [6, 6.07) is 17.1. The quantitative estimate of drug-likeness (QED) is 0.498. The molecule has 0 bridgehead atoms. The minimum Gasteiger partial charge on any atom is -0.190 e. The Hall–Kier alpha value is -0.652. The largest absolute Gasteiger partial charge is 0.190 e. The number of thioether (sulfide) groups is 1. The van der Waals surface area contributed by atoms with Crippen molar-refractivity contribution < 1.29 is 21.1 Å². The monoisotopic (exact) mass is 425 g/mol. The number of rotatable bonds is 4. The average molecular weight is 425 g/mol. The second-order valence-electron chi connectivity index (χ2n) is 4.04. The molecule has 0 aliphatic rings. The molecule has 2 heteroatoms. The molecule has 18 heavy (non-hydrogen) atoms. The molecular weight excluding hydrogens is 408 g/mol. The van der Waals surface area contributed by atoms with E-state index in [4.69, 9.17) is 0 Å². The standard InChI is InChI=1S/C16H17S.W/c1-3-14-9-6-7-11-16(14)17-12-15-10-5-4-8-13(15)2;/h3-11H,12H2,1-2H3;/q-1;. The number of benzene rings is 2. The van der Waals surface area contributed by atoms with E-state index < -0.39 is 0 Å². The zero-order valence-corrected chi connectivity index (χ0v) is 14.5. The molecule has 0 heterocycles. The Morgan fingerprint density at radius 2 is 1.67 bits per heavy atom. The molecule has 0 aliphatic heterocycles. The predicted octanol–water partition coefficient (Wildman–Crippen LogP) is 4.86. The molecule has 2 aromatic rings. The molecule has 0 fully saturated rings. The molecule has 0 saturated heterocycles. The molecular formula is C16H17SW-. The van der Waals surface area contributed by atoms with Gasteiger partial charge in [-0.15, -0.1) is 12.1 Å². The number of aryl methyl sites for hydroxylation is 1. The summed E-state index contributed by atoms with van der Waals surface area (Å²) in [6.45, 7) is 4.26. The van der Waals surface area contributed by atoms with Gasteiger partial charge in [-0.25, -0.2) is 0 Å². The summed E-state index contributed by atoms with van der Waals surface area (Å²) >= 11 is 1.91. The van der Waals surface area contributed by atoms with Gasteiger partial charge in [-0.05, 0) is 18.1 Å². The van der Waals surface area contributed by atoms with Crippen molar-refractivity contribution in [3.05, 3.63) is 71.6 Å². The number of hydrogen-bond acceptors (Lipinski definition) is 1. The molecule has 0 N–H and O–H groups in total. The van der Waals surface area contributed by atoms with Crippen molar-refractivity contribution >= 4 is 11.8 Å². The van der Waals surface area contributed by atoms with Crippen molar-refractivity contribution in [1.82, 2.24) is 0 Å². The van der Waals surface area contributed by atoms with Crippen molar-refractivity contribution in [2.45, 2.75) is 24.5 Å². The first-order chi connectivity index (χ1) is 8.31. The molecule has 0 nitrogen and oxygen atoms in total. The minimum absolute atomic E-state index is 0. The van der Waals surface area contributed by atoms with E-state index in [9.17, 15) is 0 Å². The van der Waals surface area contributed by atoms with Crippen molar-refractivity contribution in [3.63, 3.8) is 0 Å². The van der Waals surface area contributed by atoms with Crippen LogP contribution in [0.1, 0.15) is 23.6 Å². The summed E-state index contributed by atoms with van der Waals surface area (Å²) in [4.78, 5) is 1.36. The summed E-state index contributed by atoms with van der Waals surface area (Å²) in [5.74, 6) is 1.04. The van der Waals surface area contributed by atoms with Crippen molar-refractivity contribution in [3.8, 4) is 0 Å². The SMILES string of the molecule is C[CH-]c1ccccc1SCc1ccccc1C.[W]. The third kappa shape index (κ3) is 3.93. The Labute approximate surface area is 128 Å². The fourth-order valence-corrected chi connectivity index (χ4v) is 2.94. The van der Waals surface area contributed by atoms with Crippen LogP contribution >= 0.6 is 11.8 Å². The van der Waals surface area contributed by atoms with E-state index in [2.05, 4.69) is 68.8 Å².